The minimum atomic E-state index is -2.40. The summed E-state index contributed by atoms with van der Waals surface area (Å²) in [6, 6.07) is 0. The molecule has 2 aliphatic rings. The van der Waals surface area contributed by atoms with Crippen LogP contribution in [-0.4, -0.2) is 246 Å². The number of hydrogen-bond donors (Lipinski definition) is 7. The fourth-order valence-electron chi connectivity index (χ4n) is 8.11. The van der Waals surface area contributed by atoms with Gasteiger partial charge in [0.05, 0.1) is 19.8 Å². The van der Waals surface area contributed by atoms with Gasteiger partial charge in [-0.25, -0.2) is 0 Å². The van der Waals surface area contributed by atoms with E-state index in [1.807, 2.05) is 0 Å². The van der Waals surface area contributed by atoms with Crippen LogP contribution in [0.25, 0.3) is 0 Å². The number of aliphatic hydroxyl groups excluding tert-OH is 5. The fraction of sp³-hybridized carbons (Fsp3) is 0.723. The molecule has 0 spiro atoms. The Labute approximate surface area is 460 Å². The lowest BCUT2D eigenvalue weighted by Gasteiger charge is -2.45. The van der Waals surface area contributed by atoms with Crippen molar-refractivity contribution >= 4 is 77.8 Å². The molecule has 0 bridgehead atoms. The SMILES string of the molecule is CC(=O)OC(C(=O)NCCNC(=O)C(OC(C)=O)C(OC(C)=O)C(OC1OC(CC=O)C(OC(C)=O)C(OC(C)=O)C1OC(C)=O)C(O)CO)C(OC(C)=O)C(OC1OC(CO)C(OC(C)=O)C(OC(C)=O)C1OC(C)=O)C(O)CO. The van der Waals surface area contributed by atoms with Gasteiger partial charge in [0.1, 0.15) is 42.9 Å². The van der Waals surface area contributed by atoms with Gasteiger partial charge in [0.25, 0.3) is 11.8 Å². The molecule has 0 radical (unpaired) electrons. The lowest BCUT2D eigenvalue weighted by Crippen LogP contribution is -2.65. The van der Waals surface area contributed by atoms with Crippen molar-refractivity contribution in [2.75, 3.05) is 32.9 Å². The Morgan fingerprint density at radius 2 is 0.716 bits per heavy atom. The Balaban J connectivity index is 2.64. The number of ether oxygens (including phenoxy) is 14. The highest BCUT2D eigenvalue weighted by atomic mass is 16.8. The van der Waals surface area contributed by atoms with Crippen LogP contribution in [0.15, 0.2) is 0 Å². The average Bonchev–Trinajstić information content (AvgIpc) is 3.38. The quantitative estimate of drug-likeness (QED) is 0.0152. The lowest BCUT2D eigenvalue weighted by atomic mass is 9.95. The van der Waals surface area contributed by atoms with Gasteiger partial charge in [-0.1, -0.05) is 0 Å². The molecule has 0 aromatic heterocycles. The maximum atomic E-state index is 14.1. The zero-order valence-electron chi connectivity index (χ0n) is 45.5. The predicted octanol–water partition coefficient (Wildman–Crippen LogP) is -5.96. The van der Waals surface area contributed by atoms with Crippen LogP contribution in [0.2, 0.25) is 0 Å². The number of hydrogen-bond acceptors (Lipinski definition) is 32. The third-order valence-corrected chi connectivity index (χ3v) is 10.9. The van der Waals surface area contributed by atoms with Gasteiger partial charge in [0.2, 0.25) is 12.2 Å². The highest BCUT2D eigenvalue weighted by molar-refractivity contribution is 5.86. The van der Waals surface area contributed by atoms with E-state index in [9.17, 15) is 87.9 Å². The van der Waals surface area contributed by atoms with Gasteiger partial charge >= 0.3 is 59.7 Å². The molecule has 7 N–H and O–H groups in total. The third-order valence-electron chi connectivity index (χ3n) is 10.9. The van der Waals surface area contributed by atoms with Crippen molar-refractivity contribution < 1.29 is 154 Å². The van der Waals surface area contributed by atoms with E-state index in [0.717, 1.165) is 69.2 Å². The van der Waals surface area contributed by atoms with E-state index in [4.69, 9.17) is 66.3 Å². The van der Waals surface area contributed by atoms with Gasteiger partial charge < -0.3 is 107 Å². The second-order valence-electron chi connectivity index (χ2n) is 17.6. The van der Waals surface area contributed by atoms with Crippen molar-refractivity contribution in [3.05, 3.63) is 0 Å². The smallest absolute Gasteiger partial charge is 0.303 e. The summed E-state index contributed by atoms with van der Waals surface area (Å²) in [7, 11) is 0. The number of esters is 10. The second-order valence-corrected chi connectivity index (χ2v) is 17.6. The summed E-state index contributed by atoms with van der Waals surface area (Å²) in [6.45, 7) is 3.57. The molecule has 2 fully saturated rings. The molecular weight excluding hydrogens is 1100 g/mol. The van der Waals surface area contributed by atoms with Gasteiger partial charge in [-0.3, -0.25) is 57.5 Å². The van der Waals surface area contributed by atoms with Gasteiger partial charge in [-0.15, -0.1) is 0 Å². The summed E-state index contributed by atoms with van der Waals surface area (Å²) in [5.74, 6) is -14.1. The molecule has 0 aromatic rings. The van der Waals surface area contributed by atoms with E-state index in [0.29, 0.717) is 6.29 Å². The summed E-state index contributed by atoms with van der Waals surface area (Å²) >= 11 is 0. The van der Waals surface area contributed by atoms with Gasteiger partial charge in [-0.2, -0.15) is 0 Å². The van der Waals surface area contributed by atoms with E-state index in [2.05, 4.69) is 10.6 Å². The van der Waals surface area contributed by atoms with Crippen molar-refractivity contribution in [1.29, 1.82) is 0 Å². The summed E-state index contributed by atoms with van der Waals surface area (Å²) < 4.78 is 76.3. The third kappa shape index (κ3) is 22.1. The summed E-state index contributed by atoms with van der Waals surface area (Å²) in [5.41, 5.74) is 0. The first kappa shape index (κ1) is 70.1. The van der Waals surface area contributed by atoms with Crippen LogP contribution < -0.4 is 10.6 Å². The predicted molar refractivity (Wildman–Crippen MR) is 253 cm³/mol. The molecule has 2 aliphatic heterocycles. The number of amides is 2. The molecule has 458 valence electrons. The minimum absolute atomic E-state index is 0.294. The molecule has 0 aromatic carbocycles. The molecule has 34 nitrogen and oxygen atoms in total. The van der Waals surface area contributed by atoms with Crippen molar-refractivity contribution in [3.8, 4) is 0 Å². The monoisotopic (exact) mass is 1170 g/mol. The van der Waals surface area contributed by atoms with Gasteiger partial charge in [0, 0.05) is 88.7 Å². The Bertz CT molecular complexity index is 2230. The lowest BCUT2D eigenvalue weighted by molar-refractivity contribution is -0.330. The number of aldehydes is 1. The van der Waals surface area contributed by atoms with E-state index in [-0.39, 0.29) is 0 Å². The van der Waals surface area contributed by atoms with Crippen molar-refractivity contribution in [1.82, 2.24) is 10.6 Å². The first-order chi connectivity index (χ1) is 37.9. The number of carbonyl (C=O) groups is 13. The van der Waals surface area contributed by atoms with Crippen molar-refractivity contribution in [3.63, 3.8) is 0 Å². The van der Waals surface area contributed by atoms with Crippen LogP contribution >= 0.6 is 0 Å². The maximum Gasteiger partial charge on any atom is 0.303 e. The molecule has 34 heteroatoms. The molecule has 81 heavy (non-hydrogen) atoms. The minimum Gasteiger partial charge on any atom is -0.456 e. The maximum absolute atomic E-state index is 14.1. The molecule has 2 heterocycles. The average molecular weight is 1170 g/mol. The molecule has 2 amide bonds. The van der Waals surface area contributed by atoms with E-state index in [1.54, 1.807) is 0 Å². The zero-order chi connectivity index (χ0) is 61.6. The van der Waals surface area contributed by atoms with Crippen LogP contribution in [0.4, 0.5) is 0 Å². The Hall–Kier alpha value is -7.05. The Kier molecular flexibility index (Phi) is 29.1. The summed E-state index contributed by atoms with van der Waals surface area (Å²) in [4.78, 5) is 164. The largest absolute Gasteiger partial charge is 0.456 e. The van der Waals surface area contributed by atoms with Crippen LogP contribution in [0.1, 0.15) is 75.7 Å². The Morgan fingerprint density at radius 3 is 1.00 bits per heavy atom. The first-order valence-corrected chi connectivity index (χ1v) is 24.4. The second kappa shape index (κ2) is 33.6. The molecule has 18 atom stereocenters. The van der Waals surface area contributed by atoms with Crippen molar-refractivity contribution in [2.24, 2.45) is 0 Å². The van der Waals surface area contributed by atoms with Crippen LogP contribution in [0, 0.1) is 0 Å². The number of carbonyl (C=O) groups excluding carboxylic acids is 13. The Morgan fingerprint density at radius 1 is 0.420 bits per heavy atom. The summed E-state index contributed by atoms with van der Waals surface area (Å²) in [6.07, 6.45) is -37.4. The highest BCUT2D eigenvalue weighted by Crippen LogP contribution is 2.34. The molecule has 2 saturated heterocycles. The van der Waals surface area contributed by atoms with Gasteiger partial charge in [0.15, 0.2) is 61.4 Å². The number of nitrogens with one attached hydrogen (secondary N) is 2. The molecule has 18 unspecified atom stereocenters. The van der Waals surface area contributed by atoms with Crippen LogP contribution in [0.5, 0.6) is 0 Å². The molecule has 0 aliphatic carbocycles. The van der Waals surface area contributed by atoms with Crippen LogP contribution in [0.3, 0.4) is 0 Å². The highest BCUT2D eigenvalue weighted by Gasteiger charge is 2.57. The molecule has 2 rings (SSSR count). The van der Waals surface area contributed by atoms with E-state index < -0.39 is 221 Å². The standard InChI is InChI=1S/C47H68N2O32/c1-18(54)68-34-30(11-14-50)78-46(42(76-26(9)62)38(34)72-22(5)58)80-32(28(64)15-51)36(70-20(3)56)40(74-24(7)60)44(66)48-12-13-49-45(67)41(75-25(8)61)37(71-21(4)57)33(29(65)16-52)81-47-43(77-27(10)63)39(73-23(6)59)35(69-19(2)55)31(17-53)79-47/h14,28-43,46-47,51-53,64-65H,11-13,15-17H2,1-10H3,(H,48,66)(H,49,67). The molecule has 0 saturated carbocycles. The number of aliphatic hydroxyl groups is 5. The van der Waals surface area contributed by atoms with Gasteiger partial charge in [-0.05, 0) is 0 Å². The van der Waals surface area contributed by atoms with E-state index in [1.165, 1.54) is 0 Å². The number of rotatable bonds is 30. The topological polar surface area (TPSA) is 476 Å². The van der Waals surface area contributed by atoms with Crippen molar-refractivity contribution in [2.45, 2.75) is 186 Å². The van der Waals surface area contributed by atoms with Crippen LogP contribution in [-0.2, 0) is 129 Å². The first-order valence-electron chi connectivity index (χ1n) is 24.4. The molecular formula is C47H68N2O32. The normalized spacial score (nSPS) is 25.3. The fourth-order valence-corrected chi connectivity index (χ4v) is 8.11. The van der Waals surface area contributed by atoms with E-state index >= 15 is 0 Å². The summed E-state index contributed by atoms with van der Waals surface area (Å²) in [5, 5.41) is 57.5. The zero-order valence-corrected chi connectivity index (χ0v) is 45.5.